The van der Waals surface area contributed by atoms with Crippen LogP contribution in [0.4, 0.5) is 5.82 Å². The normalized spacial score (nSPS) is 20.8. The molecule has 2 aliphatic rings. The van der Waals surface area contributed by atoms with Crippen LogP contribution in [0.5, 0.6) is 0 Å². The molecule has 2 saturated heterocycles. The zero-order chi connectivity index (χ0) is 18.9. The second-order valence-electron chi connectivity index (χ2n) is 7.65. The second-order valence-corrected chi connectivity index (χ2v) is 7.65. The number of benzene rings is 1. The largest absolute Gasteiger partial charge is 0.355 e. The van der Waals surface area contributed by atoms with Gasteiger partial charge in [0.05, 0.1) is 23.3 Å². The molecular formula is C21H24N6O. The molecule has 0 saturated carbocycles. The van der Waals surface area contributed by atoms with Crippen LogP contribution in [-0.4, -0.2) is 50.4 Å². The molecule has 0 aliphatic carbocycles. The summed E-state index contributed by atoms with van der Waals surface area (Å²) < 4.78 is 0. The Labute approximate surface area is 163 Å². The maximum absolute atomic E-state index is 13.3. The lowest BCUT2D eigenvalue weighted by atomic mass is 9.95. The van der Waals surface area contributed by atoms with Crippen molar-refractivity contribution in [2.75, 3.05) is 24.5 Å². The Morgan fingerprint density at radius 3 is 2.71 bits per heavy atom. The van der Waals surface area contributed by atoms with Crippen molar-refractivity contribution in [1.29, 1.82) is 0 Å². The second kappa shape index (κ2) is 7.22. The van der Waals surface area contributed by atoms with Gasteiger partial charge in [0.15, 0.2) is 0 Å². The minimum Gasteiger partial charge on any atom is -0.355 e. The number of anilines is 1. The predicted molar refractivity (Wildman–Crippen MR) is 107 cm³/mol. The highest BCUT2D eigenvalue weighted by molar-refractivity contribution is 5.80. The van der Waals surface area contributed by atoms with Crippen LogP contribution in [0.25, 0.3) is 11.0 Å². The molecule has 5 rings (SSSR count). The predicted octanol–water partition coefficient (Wildman–Crippen LogP) is 2.93. The van der Waals surface area contributed by atoms with Crippen molar-refractivity contribution in [3.05, 3.63) is 48.7 Å². The number of likely N-dealkylation sites (tertiary alicyclic amines) is 1. The Kier molecular flexibility index (Phi) is 4.43. The number of imidazole rings is 1. The molecule has 1 unspecified atom stereocenters. The Hall–Kier alpha value is -2.96. The summed E-state index contributed by atoms with van der Waals surface area (Å²) in [6, 6.07) is 8.12. The first-order chi connectivity index (χ1) is 13.8. The summed E-state index contributed by atoms with van der Waals surface area (Å²) in [5, 5.41) is 0. The van der Waals surface area contributed by atoms with Gasteiger partial charge in [-0.15, -0.1) is 0 Å². The molecule has 3 aromatic rings. The van der Waals surface area contributed by atoms with Crippen LogP contribution >= 0.6 is 0 Å². The zero-order valence-corrected chi connectivity index (χ0v) is 15.8. The van der Waals surface area contributed by atoms with Crippen molar-refractivity contribution in [2.45, 2.75) is 31.7 Å². The van der Waals surface area contributed by atoms with Crippen molar-refractivity contribution in [2.24, 2.45) is 5.92 Å². The fourth-order valence-corrected chi connectivity index (χ4v) is 4.49. The summed E-state index contributed by atoms with van der Waals surface area (Å²) in [7, 11) is 0. The molecule has 1 amide bonds. The molecule has 2 fully saturated rings. The van der Waals surface area contributed by atoms with Crippen molar-refractivity contribution in [3.63, 3.8) is 0 Å². The van der Waals surface area contributed by atoms with Gasteiger partial charge in [0.2, 0.25) is 5.91 Å². The van der Waals surface area contributed by atoms with E-state index in [1.54, 1.807) is 18.6 Å². The molecule has 2 aliphatic heterocycles. The summed E-state index contributed by atoms with van der Waals surface area (Å²) in [5.41, 5.74) is 2.00. The highest BCUT2D eigenvalue weighted by atomic mass is 16.2. The number of para-hydroxylation sites is 2. The Morgan fingerprint density at radius 2 is 1.93 bits per heavy atom. The lowest BCUT2D eigenvalue weighted by Gasteiger charge is -2.35. The van der Waals surface area contributed by atoms with Gasteiger partial charge in [-0.05, 0) is 37.8 Å². The smallest absolute Gasteiger partial charge is 0.226 e. The van der Waals surface area contributed by atoms with Gasteiger partial charge in [-0.2, -0.15) is 0 Å². The molecule has 0 radical (unpaired) electrons. The number of hydrogen-bond acceptors (Lipinski definition) is 5. The molecule has 0 bridgehead atoms. The topological polar surface area (TPSA) is 78.0 Å². The van der Waals surface area contributed by atoms with Gasteiger partial charge in [-0.25, -0.2) is 9.97 Å². The van der Waals surface area contributed by atoms with Gasteiger partial charge in [0, 0.05) is 37.9 Å². The summed E-state index contributed by atoms with van der Waals surface area (Å²) in [4.78, 5) is 34.3. The highest BCUT2D eigenvalue weighted by Gasteiger charge is 2.36. The van der Waals surface area contributed by atoms with E-state index in [0.29, 0.717) is 0 Å². The molecule has 144 valence electrons. The maximum atomic E-state index is 13.3. The van der Waals surface area contributed by atoms with E-state index in [4.69, 9.17) is 4.98 Å². The fourth-order valence-electron chi connectivity index (χ4n) is 4.49. The average molecular weight is 376 g/mol. The number of fused-ring (bicyclic) bond motifs is 1. The van der Waals surface area contributed by atoms with Crippen molar-refractivity contribution in [3.8, 4) is 0 Å². The number of carbonyl (C=O) groups excluding carboxylic acids is 1. The lowest BCUT2D eigenvalue weighted by Crippen LogP contribution is -2.42. The number of rotatable bonds is 3. The lowest BCUT2D eigenvalue weighted by molar-refractivity contribution is -0.137. The van der Waals surface area contributed by atoms with Crippen LogP contribution in [-0.2, 0) is 4.79 Å². The van der Waals surface area contributed by atoms with Crippen LogP contribution in [0.15, 0.2) is 42.9 Å². The molecular weight excluding hydrogens is 352 g/mol. The number of piperidine rings is 1. The third-order valence-electron chi connectivity index (χ3n) is 5.98. The quantitative estimate of drug-likeness (QED) is 0.760. The maximum Gasteiger partial charge on any atom is 0.226 e. The molecule has 0 spiro atoms. The summed E-state index contributed by atoms with van der Waals surface area (Å²) in [5.74, 6) is 2.18. The molecule has 7 heteroatoms. The van der Waals surface area contributed by atoms with Crippen LogP contribution in [0, 0.1) is 5.92 Å². The van der Waals surface area contributed by atoms with Crippen LogP contribution < -0.4 is 4.90 Å². The van der Waals surface area contributed by atoms with Crippen LogP contribution in [0.3, 0.4) is 0 Å². The van der Waals surface area contributed by atoms with Crippen molar-refractivity contribution >= 4 is 22.8 Å². The number of aromatic nitrogens is 4. The number of nitrogens with zero attached hydrogens (tertiary/aromatic N) is 5. The SMILES string of the molecule is O=C(C1CCN(c2cnccn2)CC1)N1CCCC1c1nc2ccccc2[nH]1. The molecule has 2 aromatic heterocycles. The number of carbonyl (C=O) groups is 1. The van der Waals surface area contributed by atoms with Crippen molar-refractivity contribution < 1.29 is 4.79 Å². The number of hydrogen-bond donors (Lipinski definition) is 1. The third-order valence-corrected chi connectivity index (χ3v) is 5.98. The van der Waals surface area contributed by atoms with E-state index in [1.165, 1.54) is 0 Å². The summed E-state index contributed by atoms with van der Waals surface area (Å²) >= 11 is 0. The number of H-pyrrole nitrogens is 1. The van der Waals surface area contributed by atoms with Gasteiger partial charge in [-0.1, -0.05) is 12.1 Å². The molecule has 7 nitrogen and oxygen atoms in total. The van der Waals surface area contributed by atoms with E-state index in [0.717, 1.165) is 68.0 Å². The first-order valence-corrected chi connectivity index (χ1v) is 10.1. The van der Waals surface area contributed by atoms with E-state index in [2.05, 4.69) is 24.8 Å². The highest BCUT2D eigenvalue weighted by Crippen LogP contribution is 2.34. The number of amides is 1. The van der Waals surface area contributed by atoms with Crippen molar-refractivity contribution in [1.82, 2.24) is 24.8 Å². The van der Waals surface area contributed by atoms with E-state index in [9.17, 15) is 4.79 Å². The van der Waals surface area contributed by atoms with Gasteiger partial charge < -0.3 is 14.8 Å². The summed E-state index contributed by atoms with van der Waals surface area (Å²) in [6.07, 6.45) is 8.92. The standard InChI is InChI=1S/C21H24N6O/c28-21(15-7-12-26(13-8-15)19-14-22-9-10-23-19)27-11-3-6-18(27)20-24-16-4-1-2-5-17(16)25-20/h1-2,4-5,9-10,14-15,18H,3,6-8,11-13H2,(H,24,25). The molecule has 1 N–H and O–H groups in total. The van der Waals surface area contributed by atoms with Gasteiger partial charge >= 0.3 is 0 Å². The summed E-state index contributed by atoms with van der Waals surface area (Å²) in [6.45, 7) is 2.52. The fraction of sp³-hybridized carbons (Fsp3) is 0.429. The van der Waals surface area contributed by atoms with E-state index < -0.39 is 0 Å². The Morgan fingerprint density at radius 1 is 1.07 bits per heavy atom. The van der Waals surface area contributed by atoms with E-state index in [-0.39, 0.29) is 17.9 Å². The third kappa shape index (κ3) is 3.10. The zero-order valence-electron chi connectivity index (χ0n) is 15.8. The van der Waals surface area contributed by atoms with Gasteiger partial charge in [0.25, 0.3) is 0 Å². The Balaban J connectivity index is 1.28. The first-order valence-electron chi connectivity index (χ1n) is 10.1. The van der Waals surface area contributed by atoms with E-state index >= 15 is 0 Å². The number of nitrogens with one attached hydrogen (secondary N) is 1. The first kappa shape index (κ1) is 17.2. The Bertz CT molecular complexity index is 930. The average Bonchev–Trinajstić information content (AvgIpc) is 3.41. The molecule has 1 aromatic carbocycles. The van der Waals surface area contributed by atoms with Gasteiger partial charge in [-0.3, -0.25) is 9.78 Å². The molecule has 1 atom stereocenters. The molecule has 4 heterocycles. The minimum absolute atomic E-state index is 0.0675. The minimum atomic E-state index is 0.0675. The van der Waals surface area contributed by atoms with Crippen LogP contribution in [0.2, 0.25) is 0 Å². The van der Waals surface area contributed by atoms with Gasteiger partial charge in [0.1, 0.15) is 11.6 Å². The molecule has 28 heavy (non-hydrogen) atoms. The monoisotopic (exact) mass is 376 g/mol. The number of aromatic amines is 1. The van der Waals surface area contributed by atoms with Crippen LogP contribution in [0.1, 0.15) is 37.5 Å². The van der Waals surface area contributed by atoms with E-state index in [1.807, 2.05) is 24.3 Å².